The summed E-state index contributed by atoms with van der Waals surface area (Å²) in [6, 6.07) is 14.9. The maximum absolute atomic E-state index is 12.3. The number of thioether (sulfide) groups is 1. The van der Waals surface area contributed by atoms with Gasteiger partial charge in [-0.3, -0.25) is 9.59 Å². The first-order chi connectivity index (χ1) is 12.3. The van der Waals surface area contributed by atoms with E-state index in [2.05, 4.69) is 10.6 Å². The van der Waals surface area contributed by atoms with Crippen molar-refractivity contribution in [1.82, 2.24) is 5.32 Å². The van der Waals surface area contributed by atoms with Crippen LogP contribution in [0.15, 0.2) is 48.5 Å². The quantitative estimate of drug-likeness (QED) is 0.727. The average molecular weight is 391 g/mol. The number of halogens is 1. The van der Waals surface area contributed by atoms with Gasteiger partial charge in [0.15, 0.2) is 0 Å². The van der Waals surface area contributed by atoms with Crippen molar-refractivity contribution >= 4 is 40.9 Å². The highest BCUT2D eigenvalue weighted by Crippen LogP contribution is 2.18. The Hall–Kier alpha value is -1.98. The summed E-state index contributed by atoms with van der Waals surface area (Å²) in [5.74, 6) is 0.00229. The van der Waals surface area contributed by atoms with Gasteiger partial charge in [0.1, 0.15) is 0 Å². The minimum atomic E-state index is -0.325. The molecule has 138 valence electrons. The summed E-state index contributed by atoms with van der Waals surface area (Å²) in [5, 5.41) is 6.13. The SMILES string of the molecule is Cc1ccc(NC(=O)CSC(C)C(=O)NC(C)c2ccc(Cl)cc2)cc1. The number of hydrogen-bond donors (Lipinski definition) is 2. The van der Waals surface area contributed by atoms with Crippen LogP contribution >= 0.6 is 23.4 Å². The number of carbonyl (C=O) groups is 2. The van der Waals surface area contributed by atoms with Crippen molar-refractivity contribution in [3.63, 3.8) is 0 Å². The Morgan fingerprint density at radius 3 is 2.27 bits per heavy atom. The van der Waals surface area contributed by atoms with Crippen molar-refractivity contribution < 1.29 is 9.59 Å². The third-order valence-corrected chi connectivity index (χ3v) is 5.29. The van der Waals surface area contributed by atoms with E-state index < -0.39 is 0 Å². The Balaban J connectivity index is 1.78. The molecular formula is C20H23ClN2O2S. The van der Waals surface area contributed by atoms with Crippen molar-refractivity contribution in [3.8, 4) is 0 Å². The lowest BCUT2D eigenvalue weighted by Crippen LogP contribution is -2.33. The molecule has 26 heavy (non-hydrogen) atoms. The molecule has 0 aliphatic carbocycles. The minimum Gasteiger partial charge on any atom is -0.349 e. The molecule has 2 amide bonds. The topological polar surface area (TPSA) is 58.2 Å². The molecule has 0 saturated carbocycles. The highest BCUT2D eigenvalue weighted by atomic mass is 35.5. The van der Waals surface area contributed by atoms with Crippen molar-refractivity contribution in [1.29, 1.82) is 0 Å². The Bertz CT molecular complexity index is 747. The van der Waals surface area contributed by atoms with Crippen LogP contribution in [0.25, 0.3) is 0 Å². The standard InChI is InChI=1S/C20H23ClN2O2S/c1-13-4-10-18(11-5-13)23-19(24)12-26-15(3)20(25)22-14(2)16-6-8-17(21)9-7-16/h4-11,14-15H,12H2,1-3H3,(H,22,25)(H,23,24). The van der Waals surface area contributed by atoms with Gasteiger partial charge in [0, 0.05) is 10.7 Å². The third kappa shape index (κ3) is 6.39. The van der Waals surface area contributed by atoms with E-state index in [1.54, 1.807) is 19.1 Å². The highest BCUT2D eigenvalue weighted by Gasteiger charge is 2.18. The molecule has 4 nitrogen and oxygen atoms in total. The Kier molecular flexibility index (Phi) is 7.54. The van der Waals surface area contributed by atoms with Crippen molar-refractivity contribution in [2.45, 2.75) is 32.1 Å². The van der Waals surface area contributed by atoms with E-state index in [1.165, 1.54) is 11.8 Å². The Morgan fingerprint density at radius 2 is 1.65 bits per heavy atom. The van der Waals surface area contributed by atoms with Crippen LogP contribution in [0.1, 0.15) is 31.0 Å². The van der Waals surface area contributed by atoms with Crippen LogP contribution in [-0.4, -0.2) is 22.8 Å². The molecule has 0 bridgehead atoms. The van der Waals surface area contributed by atoms with Crippen LogP contribution in [0, 0.1) is 6.92 Å². The van der Waals surface area contributed by atoms with Crippen molar-refractivity contribution in [2.75, 3.05) is 11.1 Å². The fourth-order valence-electron chi connectivity index (χ4n) is 2.28. The van der Waals surface area contributed by atoms with Crippen LogP contribution < -0.4 is 10.6 Å². The molecule has 0 aromatic heterocycles. The summed E-state index contributed by atoms with van der Waals surface area (Å²) < 4.78 is 0. The average Bonchev–Trinajstić information content (AvgIpc) is 2.62. The van der Waals surface area contributed by atoms with Gasteiger partial charge in [-0.1, -0.05) is 41.4 Å². The largest absolute Gasteiger partial charge is 0.349 e. The molecule has 2 aromatic rings. The number of nitrogens with one attached hydrogen (secondary N) is 2. The summed E-state index contributed by atoms with van der Waals surface area (Å²) in [7, 11) is 0. The van der Waals surface area contributed by atoms with Gasteiger partial charge < -0.3 is 10.6 Å². The van der Waals surface area contributed by atoms with E-state index in [0.717, 1.165) is 16.8 Å². The fourth-order valence-corrected chi connectivity index (χ4v) is 3.09. The van der Waals surface area contributed by atoms with Crippen LogP contribution in [-0.2, 0) is 9.59 Å². The van der Waals surface area contributed by atoms with Gasteiger partial charge in [-0.2, -0.15) is 0 Å². The number of anilines is 1. The van der Waals surface area contributed by atoms with Crippen LogP contribution in [0.3, 0.4) is 0 Å². The lowest BCUT2D eigenvalue weighted by molar-refractivity contribution is -0.120. The van der Waals surface area contributed by atoms with Crippen LogP contribution in [0.4, 0.5) is 5.69 Å². The Morgan fingerprint density at radius 1 is 1.04 bits per heavy atom. The van der Waals surface area contributed by atoms with Gasteiger partial charge in [-0.15, -0.1) is 11.8 Å². The number of hydrogen-bond acceptors (Lipinski definition) is 3. The molecule has 2 unspecified atom stereocenters. The van der Waals surface area contributed by atoms with E-state index >= 15 is 0 Å². The minimum absolute atomic E-state index is 0.0967. The first kappa shape index (κ1) is 20.3. The second-order valence-corrected chi connectivity index (χ2v) is 7.91. The molecular weight excluding hydrogens is 368 g/mol. The van der Waals surface area contributed by atoms with E-state index in [-0.39, 0.29) is 28.9 Å². The number of amides is 2. The smallest absolute Gasteiger partial charge is 0.234 e. The second-order valence-electron chi connectivity index (χ2n) is 6.15. The van der Waals surface area contributed by atoms with E-state index in [9.17, 15) is 9.59 Å². The van der Waals surface area contributed by atoms with Gasteiger partial charge >= 0.3 is 0 Å². The maximum atomic E-state index is 12.3. The van der Waals surface area contributed by atoms with Gasteiger partial charge in [0.05, 0.1) is 17.0 Å². The molecule has 0 heterocycles. The number of aryl methyl sites for hydroxylation is 1. The summed E-state index contributed by atoms with van der Waals surface area (Å²) in [6.45, 7) is 5.71. The van der Waals surface area contributed by atoms with Gasteiger partial charge in [-0.25, -0.2) is 0 Å². The molecule has 0 radical (unpaired) electrons. The first-order valence-corrected chi connectivity index (χ1v) is 9.82. The van der Waals surface area contributed by atoms with Crippen molar-refractivity contribution in [3.05, 3.63) is 64.7 Å². The monoisotopic (exact) mass is 390 g/mol. The molecule has 0 saturated heterocycles. The molecule has 2 atom stereocenters. The molecule has 2 aromatic carbocycles. The molecule has 0 fully saturated rings. The summed E-state index contributed by atoms with van der Waals surface area (Å²) in [5.41, 5.74) is 2.88. The maximum Gasteiger partial charge on any atom is 0.234 e. The lowest BCUT2D eigenvalue weighted by atomic mass is 10.1. The second kappa shape index (κ2) is 9.64. The predicted octanol–water partition coefficient (Wildman–Crippen LogP) is 4.59. The highest BCUT2D eigenvalue weighted by molar-refractivity contribution is 8.01. The summed E-state index contributed by atoms with van der Waals surface area (Å²) in [4.78, 5) is 24.3. The van der Waals surface area contributed by atoms with Crippen molar-refractivity contribution in [2.24, 2.45) is 0 Å². The summed E-state index contributed by atoms with van der Waals surface area (Å²) >= 11 is 7.19. The van der Waals surface area contributed by atoms with E-state index in [4.69, 9.17) is 11.6 Å². The third-order valence-electron chi connectivity index (χ3n) is 3.90. The lowest BCUT2D eigenvalue weighted by Gasteiger charge is -2.18. The molecule has 0 spiro atoms. The fraction of sp³-hybridized carbons (Fsp3) is 0.300. The molecule has 0 aliphatic heterocycles. The molecule has 6 heteroatoms. The number of benzene rings is 2. The predicted molar refractivity (Wildman–Crippen MR) is 110 cm³/mol. The van der Waals surface area contributed by atoms with Gasteiger partial charge in [-0.05, 0) is 50.6 Å². The number of rotatable bonds is 7. The Labute approximate surface area is 163 Å². The molecule has 2 N–H and O–H groups in total. The molecule has 2 rings (SSSR count). The van der Waals surface area contributed by atoms with Crippen LogP contribution in [0.2, 0.25) is 5.02 Å². The summed E-state index contributed by atoms with van der Waals surface area (Å²) in [6.07, 6.45) is 0. The van der Waals surface area contributed by atoms with E-state index in [1.807, 2.05) is 50.2 Å². The zero-order valence-electron chi connectivity index (χ0n) is 15.1. The first-order valence-electron chi connectivity index (χ1n) is 8.39. The van der Waals surface area contributed by atoms with Crippen LogP contribution in [0.5, 0.6) is 0 Å². The normalized spacial score (nSPS) is 12.9. The van der Waals surface area contributed by atoms with Gasteiger partial charge in [0.2, 0.25) is 11.8 Å². The zero-order chi connectivity index (χ0) is 19.1. The van der Waals surface area contributed by atoms with E-state index in [0.29, 0.717) is 5.02 Å². The van der Waals surface area contributed by atoms with Gasteiger partial charge in [0.25, 0.3) is 0 Å². The number of carbonyl (C=O) groups excluding carboxylic acids is 2. The molecule has 0 aliphatic rings. The zero-order valence-corrected chi connectivity index (χ0v) is 16.7.